The minimum Gasteiger partial charge on any atom is -0.369 e. The van der Waals surface area contributed by atoms with E-state index in [1.54, 1.807) is 18.2 Å². The molecule has 0 saturated heterocycles. The molecule has 6 heteroatoms. The SMILES string of the molecule is NC(=O)[C@]12CC3CC(C1)[C@@H](NC(=O)c1cccc(Cl)n1)C(C3)C2. The lowest BCUT2D eigenvalue weighted by Gasteiger charge is -2.58. The zero-order valence-electron chi connectivity index (χ0n) is 12.8. The van der Waals surface area contributed by atoms with Crippen LogP contribution in [-0.2, 0) is 4.79 Å². The molecule has 0 spiro atoms. The van der Waals surface area contributed by atoms with Gasteiger partial charge < -0.3 is 11.1 Å². The Balaban J connectivity index is 1.53. The van der Waals surface area contributed by atoms with Gasteiger partial charge in [0.05, 0.1) is 0 Å². The van der Waals surface area contributed by atoms with Gasteiger partial charge in [-0.25, -0.2) is 4.98 Å². The fraction of sp³-hybridized carbons (Fsp3) is 0.588. The van der Waals surface area contributed by atoms with E-state index < -0.39 is 0 Å². The Labute approximate surface area is 140 Å². The van der Waals surface area contributed by atoms with Gasteiger partial charge in [0.25, 0.3) is 5.91 Å². The van der Waals surface area contributed by atoms with Gasteiger partial charge in [-0.05, 0) is 62.0 Å². The fourth-order valence-electron chi connectivity index (χ4n) is 5.32. The number of carbonyl (C=O) groups is 2. The van der Waals surface area contributed by atoms with Crippen LogP contribution in [0.25, 0.3) is 0 Å². The monoisotopic (exact) mass is 333 g/mol. The van der Waals surface area contributed by atoms with E-state index in [1.165, 1.54) is 0 Å². The van der Waals surface area contributed by atoms with Crippen molar-refractivity contribution in [1.29, 1.82) is 0 Å². The molecule has 0 aromatic carbocycles. The van der Waals surface area contributed by atoms with Gasteiger partial charge in [0, 0.05) is 11.5 Å². The molecule has 1 aromatic rings. The molecule has 5 rings (SSSR count). The number of carbonyl (C=O) groups excluding carboxylic acids is 2. The number of nitrogens with zero attached hydrogens (tertiary/aromatic N) is 1. The number of rotatable bonds is 3. The second kappa shape index (κ2) is 5.20. The van der Waals surface area contributed by atoms with Crippen LogP contribution in [0.4, 0.5) is 0 Å². The number of nitrogens with two attached hydrogens (primary N) is 1. The molecule has 4 saturated carbocycles. The van der Waals surface area contributed by atoms with Crippen molar-refractivity contribution in [1.82, 2.24) is 10.3 Å². The summed E-state index contributed by atoms with van der Waals surface area (Å²) in [6, 6.07) is 5.16. The molecule has 5 nitrogen and oxygen atoms in total. The first-order valence-corrected chi connectivity index (χ1v) is 8.58. The quantitative estimate of drug-likeness (QED) is 0.831. The second-order valence-electron chi connectivity index (χ2n) is 7.46. The Hall–Kier alpha value is -1.62. The topological polar surface area (TPSA) is 85.1 Å². The van der Waals surface area contributed by atoms with Gasteiger partial charge in [-0.15, -0.1) is 0 Å². The Bertz CT molecular complexity index is 662. The molecule has 2 amide bonds. The highest BCUT2D eigenvalue weighted by Crippen LogP contribution is 2.59. The first-order chi connectivity index (χ1) is 11.0. The third kappa shape index (κ3) is 2.42. The average molecular weight is 334 g/mol. The summed E-state index contributed by atoms with van der Waals surface area (Å²) in [5.74, 6) is 0.933. The number of nitrogens with one attached hydrogen (secondary N) is 1. The van der Waals surface area contributed by atoms with Crippen LogP contribution in [0.2, 0.25) is 5.15 Å². The van der Waals surface area contributed by atoms with Gasteiger partial charge in [0.2, 0.25) is 5.91 Å². The second-order valence-corrected chi connectivity index (χ2v) is 7.85. The van der Waals surface area contributed by atoms with Gasteiger partial charge in [-0.2, -0.15) is 0 Å². The van der Waals surface area contributed by atoms with Gasteiger partial charge in [0.15, 0.2) is 0 Å². The summed E-state index contributed by atoms with van der Waals surface area (Å²) < 4.78 is 0. The summed E-state index contributed by atoms with van der Waals surface area (Å²) in [5.41, 5.74) is 5.71. The van der Waals surface area contributed by atoms with E-state index in [1.807, 2.05) is 0 Å². The summed E-state index contributed by atoms with van der Waals surface area (Å²) in [4.78, 5) is 28.5. The molecule has 4 aliphatic rings. The van der Waals surface area contributed by atoms with Gasteiger partial charge >= 0.3 is 0 Å². The molecule has 4 fully saturated rings. The summed E-state index contributed by atoms with van der Waals surface area (Å²) in [7, 11) is 0. The predicted molar refractivity (Wildman–Crippen MR) is 85.7 cm³/mol. The molecule has 2 unspecified atom stereocenters. The Morgan fingerprint density at radius 1 is 1.22 bits per heavy atom. The largest absolute Gasteiger partial charge is 0.369 e. The van der Waals surface area contributed by atoms with Crippen molar-refractivity contribution in [3.05, 3.63) is 29.0 Å². The molecular weight excluding hydrogens is 314 g/mol. The van der Waals surface area contributed by atoms with Crippen LogP contribution in [0.5, 0.6) is 0 Å². The van der Waals surface area contributed by atoms with Crippen LogP contribution in [0.15, 0.2) is 18.2 Å². The first kappa shape index (κ1) is 14.9. The van der Waals surface area contributed by atoms with E-state index in [0.717, 1.165) is 32.1 Å². The number of halogens is 1. The number of hydrogen-bond acceptors (Lipinski definition) is 3. The highest BCUT2D eigenvalue weighted by molar-refractivity contribution is 6.29. The average Bonchev–Trinajstić information content (AvgIpc) is 2.50. The van der Waals surface area contributed by atoms with Crippen molar-refractivity contribution in [2.45, 2.75) is 38.1 Å². The lowest BCUT2D eigenvalue weighted by Crippen LogP contribution is -2.62. The van der Waals surface area contributed by atoms with Crippen molar-refractivity contribution in [2.24, 2.45) is 28.9 Å². The van der Waals surface area contributed by atoms with Crippen molar-refractivity contribution in [3.8, 4) is 0 Å². The highest BCUT2D eigenvalue weighted by Gasteiger charge is 2.58. The Morgan fingerprint density at radius 3 is 2.52 bits per heavy atom. The molecule has 2 atom stereocenters. The number of primary amides is 1. The van der Waals surface area contributed by atoms with E-state index in [0.29, 0.717) is 28.6 Å². The zero-order valence-corrected chi connectivity index (χ0v) is 13.6. The molecule has 0 aliphatic heterocycles. The first-order valence-electron chi connectivity index (χ1n) is 8.20. The molecule has 3 N–H and O–H groups in total. The number of hydrogen-bond donors (Lipinski definition) is 2. The normalized spacial score (nSPS) is 37.6. The molecule has 4 aliphatic carbocycles. The lowest BCUT2D eigenvalue weighted by atomic mass is 9.47. The number of pyridine rings is 1. The van der Waals surface area contributed by atoms with Crippen LogP contribution in [0.3, 0.4) is 0 Å². The lowest BCUT2D eigenvalue weighted by molar-refractivity contribution is -0.145. The zero-order chi connectivity index (χ0) is 16.2. The van der Waals surface area contributed by atoms with E-state index >= 15 is 0 Å². The third-order valence-electron chi connectivity index (χ3n) is 6.04. The Morgan fingerprint density at radius 2 is 1.91 bits per heavy atom. The molecular formula is C17H20ClN3O2. The van der Waals surface area contributed by atoms with E-state index in [-0.39, 0.29) is 23.3 Å². The number of amides is 2. The van der Waals surface area contributed by atoms with Gasteiger partial charge in [0.1, 0.15) is 10.8 Å². The fourth-order valence-corrected chi connectivity index (χ4v) is 5.49. The van der Waals surface area contributed by atoms with E-state index in [4.69, 9.17) is 17.3 Å². The van der Waals surface area contributed by atoms with Gasteiger partial charge in [-0.1, -0.05) is 17.7 Å². The van der Waals surface area contributed by atoms with Crippen LogP contribution >= 0.6 is 11.6 Å². The summed E-state index contributed by atoms with van der Waals surface area (Å²) in [5, 5.41) is 3.46. The molecule has 1 aromatic heterocycles. The molecule has 0 radical (unpaired) electrons. The van der Waals surface area contributed by atoms with Crippen molar-refractivity contribution in [2.75, 3.05) is 0 Å². The summed E-state index contributed by atoms with van der Waals surface area (Å²) in [6.07, 6.45) is 4.72. The maximum Gasteiger partial charge on any atom is 0.270 e. The maximum absolute atomic E-state index is 12.5. The highest BCUT2D eigenvalue weighted by atomic mass is 35.5. The third-order valence-corrected chi connectivity index (χ3v) is 6.25. The van der Waals surface area contributed by atoms with Crippen molar-refractivity contribution < 1.29 is 9.59 Å². The standard InChI is InChI=1S/C17H20ClN3O2/c18-13-3-1-2-12(20-13)15(22)21-14-10-4-9-5-11(14)8-17(6-9,7-10)16(19)23/h1-3,9-11,14H,4-8H2,(H2,19,23)(H,21,22)/t9?,10?,11?,14-,17-. The summed E-state index contributed by atoms with van der Waals surface area (Å²) in [6.45, 7) is 0. The molecule has 1 heterocycles. The maximum atomic E-state index is 12.5. The predicted octanol–water partition coefficient (Wildman–Crippen LogP) is 2.14. The van der Waals surface area contributed by atoms with E-state index in [9.17, 15) is 9.59 Å². The van der Waals surface area contributed by atoms with E-state index in [2.05, 4.69) is 10.3 Å². The molecule has 23 heavy (non-hydrogen) atoms. The number of aromatic nitrogens is 1. The van der Waals surface area contributed by atoms with Crippen LogP contribution in [0.1, 0.15) is 42.6 Å². The molecule has 4 bridgehead atoms. The van der Waals surface area contributed by atoms with Crippen molar-refractivity contribution in [3.63, 3.8) is 0 Å². The van der Waals surface area contributed by atoms with Crippen molar-refractivity contribution >= 4 is 23.4 Å². The molecule has 122 valence electrons. The minimum atomic E-state index is -0.327. The van der Waals surface area contributed by atoms with Crippen LogP contribution < -0.4 is 11.1 Å². The smallest absolute Gasteiger partial charge is 0.270 e. The minimum absolute atomic E-state index is 0.118. The van der Waals surface area contributed by atoms with Crippen LogP contribution in [0, 0.1) is 23.2 Å². The summed E-state index contributed by atoms with van der Waals surface area (Å²) >= 11 is 5.86. The Kier molecular flexibility index (Phi) is 3.38. The van der Waals surface area contributed by atoms with Gasteiger partial charge in [-0.3, -0.25) is 9.59 Å². The van der Waals surface area contributed by atoms with Crippen LogP contribution in [-0.4, -0.2) is 22.8 Å².